The van der Waals surface area contributed by atoms with E-state index < -0.39 is 0 Å². The van der Waals surface area contributed by atoms with Crippen molar-refractivity contribution < 1.29 is 0 Å². The first-order valence-corrected chi connectivity index (χ1v) is 8.49. The van der Waals surface area contributed by atoms with Crippen LogP contribution in [0.15, 0.2) is 29.8 Å². The van der Waals surface area contributed by atoms with Gasteiger partial charge in [-0.05, 0) is 30.5 Å². The van der Waals surface area contributed by atoms with Crippen molar-refractivity contribution in [2.75, 3.05) is 18.0 Å². The smallest absolute Gasteiger partial charge is 0.208 e. The van der Waals surface area contributed by atoms with Gasteiger partial charge in [-0.1, -0.05) is 23.5 Å². The van der Waals surface area contributed by atoms with Crippen molar-refractivity contribution in [1.29, 1.82) is 5.26 Å². The summed E-state index contributed by atoms with van der Waals surface area (Å²) in [5.74, 6) is 0. The first kappa shape index (κ1) is 13.7. The normalized spacial score (nSPS) is 24.4. The van der Waals surface area contributed by atoms with Crippen LogP contribution >= 0.6 is 11.3 Å². The molecule has 0 amide bonds. The summed E-state index contributed by atoms with van der Waals surface area (Å²) in [5.41, 5.74) is 3.78. The minimum Gasteiger partial charge on any atom is -0.342 e. The molecule has 112 valence electrons. The average Bonchev–Trinajstić information content (AvgIpc) is 3.25. The number of rotatable bonds is 3. The third kappa shape index (κ3) is 2.36. The van der Waals surface area contributed by atoms with Gasteiger partial charge in [0, 0.05) is 31.7 Å². The maximum absolute atomic E-state index is 9.03. The van der Waals surface area contributed by atoms with E-state index in [1.54, 1.807) is 11.3 Å². The van der Waals surface area contributed by atoms with E-state index >= 15 is 0 Å². The van der Waals surface area contributed by atoms with E-state index in [1.807, 2.05) is 23.7 Å². The maximum atomic E-state index is 9.03. The van der Waals surface area contributed by atoms with Crippen molar-refractivity contribution >= 4 is 16.5 Å². The van der Waals surface area contributed by atoms with Gasteiger partial charge in [-0.25, -0.2) is 0 Å². The molecular formula is C16H17N5S. The first-order valence-electron chi connectivity index (χ1n) is 7.61. The fourth-order valence-corrected chi connectivity index (χ4v) is 4.42. The van der Waals surface area contributed by atoms with Gasteiger partial charge in [-0.2, -0.15) is 5.26 Å². The average molecular weight is 311 g/mol. The molecule has 1 aromatic carbocycles. The van der Waals surface area contributed by atoms with E-state index in [9.17, 15) is 0 Å². The van der Waals surface area contributed by atoms with Crippen molar-refractivity contribution in [3.05, 3.63) is 40.9 Å². The van der Waals surface area contributed by atoms with Crippen molar-refractivity contribution in [3.8, 4) is 6.07 Å². The van der Waals surface area contributed by atoms with Gasteiger partial charge in [0.2, 0.25) is 5.13 Å². The summed E-state index contributed by atoms with van der Waals surface area (Å²) < 4.78 is 0. The van der Waals surface area contributed by atoms with Crippen LogP contribution in [0.5, 0.6) is 0 Å². The zero-order valence-corrected chi connectivity index (χ0v) is 13.0. The second-order valence-electron chi connectivity index (χ2n) is 5.91. The zero-order chi connectivity index (χ0) is 14.9. The number of benzene rings is 1. The van der Waals surface area contributed by atoms with Gasteiger partial charge in [-0.3, -0.25) is 4.90 Å². The van der Waals surface area contributed by atoms with E-state index in [2.05, 4.69) is 32.1 Å². The van der Waals surface area contributed by atoms with Gasteiger partial charge in [0.05, 0.1) is 11.6 Å². The van der Waals surface area contributed by atoms with Gasteiger partial charge in [0.15, 0.2) is 0 Å². The highest BCUT2D eigenvalue weighted by atomic mass is 32.1. The summed E-state index contributed by atoms with van der Waals surface area (Å²) in [6, 6.07) is 11.3. The van der Waals surface area contributed by atoms with Crippen LogP contribution < -0.4 is 4.90 Å². The lowest BCUT2D eigenvalue weighted by molar-refractivity contribution is 0.246. The highest BCUT2D eigenvalue weighted by Gasteiger charge is 2.43. The van der Waals surface area contributed by atoms with E-state index in [0.29, 0.717) is 12.1 Å². The van der Waals surface area contributed by atoms with Crippen molar-refractivity contribution in [1.82, 2.24) is 15.1 Å². The molecule has 2 atom stereocenters. The van der Waals surface area contributed by atoms with Gasteiger partial charge in [0.25, 0.3) is 0 Å². The Morgan fingerprint density at radius 3 is 3.00 bits per heavy atom. The predicted molar refractivity (Wildman–Crippen MR) is 85.6 cm³/mol. The second kappa shape index (κ2) is 5.67. The van der Waals surface area contributed by atoms with Gasteiger partial charge < -0.3 is 4.90 Å². The molecule has 2 aliphatic heterocycles. The number of anilines is 1. The lowest BCUT2D eigenvalue weighted by atomic mass is 10.1. The second-order valence-corrected chi connectivity index (χ2v) is 6.72. The SMILES string of the molecule is N#Cc1cccc(CN2CC[C@@H]3[C@@H]2CCN3c2nncs2)c1. The van der Waals surface area contributed by atoms with E-state index in [1.165, 1.54) is 18.4 Å². The molecule has 2 aliphatic rings. The van der Waals surface area contributed by atoms with Crippen molar-refractivity contribution in [3.63, 3.8) is 0 Å². The van der Waals surface area contributed by atoms with Gasteiger partial charge >= 0.3 is 0 Å². The third-order valence-electron chi connectivity index (χ3n) is 4.73. The molecule has 0 aliphatic carbocycles. The molecule has 0 spiro atoms. The number of likely N-dealkylation sites (tertiary alicyclic amines) is 1. The number of nitriles is 1. The highest BCUT2D eigenvalue weighted by molar-refractivity contribution is 7.13. The van der Waals surface area contributed by atoms with Crippen LogP contribution in [0.2, 0.25) is 0 Å². The largest absolute Gasteiger partial charge is 0.342 e. The minimum absolute atomic E-state index is 0.562. The van der Waals surface area contributed by atoms with Crippen LogP contribution in [0, 0.1) is 11.3 Å². The molecule has 0 unspecified atom stereocenters. The Morgan fingerprint density at radius 2 is 2.18 bits per heavy atom. The Bertz CT molecular complexity index is 693. The summed E-state index contributed by atoms with van der Waals surface area (Å²) in [4.78, 5) is 4.98. The Kier molecular flexibility index (Phi) is 3.53. The number of hydrogen-bond donors (Lipinski definition) is 0. The molecule has 3 heterocycles. The van der Waals surface area contributed by atoms with Crippen LogP contribution in [-0.4, -0.2) is 40.3 Å². The molecule has 5 nitrogen and oxygen atoms in total. The zero-order valence-electron chi connectivity index (χ0n) is 12.2. The standard InChI is InChI=1S/C16H17N5S/c17-9-12-2-1-3-13(8-12)10-20-6-4-15-14(20)5-7-21(15)16-19-18-11-22-16/h1-3,8,11,14-15H,4-7,10H2/t14-,15+/m0/s1. The molecule has 0 saturated carbocycles. The number of fused-ring (bicyclic) bond motifs is 1. The molecule has 2 saturated heterocycles. The number of nitrogens with zero attached hydrogens (tertiary/aromatic N) is 5. The maximum Gasteiger partial charge on any atom is 0.208 e. The number of aromatic nitrogens is 2. The molecule has 22 heavy (non-hydrogen) atoms. The van der Waals surface area contributed by atoms with Crippen LogP contribution in [0.3, 0.4) is 0 Å². The fraction of sp³-hybridized carbons (Fsp3) is 0.438. The molecule has 0 bridgehead atoms. The predicted octanol–water partition coefficient (Wildman–Crippen LogP) is 2.26. The van der Waals surface area contributed by atoms with E-state index in [4.69, 9.17) is 5.26 Å². The molecule has 2 fully saturated rings. The Morgan fingerprint density at radius 1 is 1.27 bits per heavy atom. The van der Waals surface area contributed by atoms with Crippen LogP contribution in [0.25, 0.3) is 0 Å². The summed E-state index contributed by atoms with van der Waals surface area (Å²) in [6.07, 6.45) is 2.37. The monoisotopic (exact) mass is 311 g/mol. The highest BCUT2D eigenvalue weighted by Crippen LogP contribution is 2.36. The number of hydrogen-bond acceptors (Lipinski definition) is 6. The Balaban J connectivity index is 1.48. The quantitative estimate of drug-likeness (QED) is 0.870. The lowest BCUT2D eigenvalue weighted by Gasteiger charge is -2.25. The van der Waals surface area contributed by atoms with E-state index in [-0.39, 0.29) is 0 Å². The molecule has 2 aromatic rings. The molecule has 4 rings (SSSR count). The fourth-order valence-electron chi connectivity index (χ4n) is 3.78. The van der Waals surface area contributed by atoms with Crippen LogP contribution in [0.1, 0.15) is 24.0 Å². The lowest BCUT2D eigenvalue weighted by Crippen LogP contribution is -2.36. The minimum atomic E-state index is 0.562. The molecule has 0 N–H and O–H groups in total. The topological polar surface area (TPSA) is 56.1 Å². The third-order valence-corrected chi connectivity index (χ3v) is 5.45. The summed E-state index contributed by atoms with van der Waals surface area (Å²) in [6.45, 7) is 3.11. The van der Waals surface area contributed by atoms with Crippen molar-refractivity contribution in [2.45, 2.75) is 31.5 Å². The molecule has 0 radical (unpaired) electrons. The van der Waals surface area contributed by atoms with Gasteiger partial charge in [-0.15, -0.1) is 10.2 Å². The van der Waals surface area contributed by atoms with Crippen LogP contribution in [0.4, 0.5) is 5.13 Å². The Labute approximate surface area is 133 Å². The first-order chi connectivity index (χ1) is 10.8. The van der Waals surface area contributed by atoms with Crippen LogP contribution in [-0.2, 0) is 6.54 Å². The molecular weight excluding hydrogens is 294 g/mol. The Hall–Kier alpha value is -1.97. The molecule has 1 aromatic heterocycles. The van der Waals surface area contributed by atoms with Crippen molar-refractivity contribution in [2.24, 2.45) is 0 Å². The summed E-state index contributed by atoms with van der Waals surface area (Å²) in [7, 11) is 0. The molecule has 6 heteroatoms. The van der Waals surface area contributed by atoms with E-state index in [0.717, 1.165) is 30.3 Å². The van der Waals surface area contributed by atoms with Gasteiger partial charge in [0.1, 0.15) is 5.51 Å². The summed E-state index contributed by atoms with van der Waals surface area (Å²) >= 11 is 1.63. The summed E-state index contributed by atoms with van der Waals surface area (Å²) in [5, 5.41) is 18.3.